The highest BCUT2D eigenvalue weighted by atomic mass is 32.1. The minimum absolute atomic E-state index is 0.110. The van der Waals surface area contributed by atoms with E-state index in [1.165, 1.54) is 12.1 Å². The van der Waals surface area contributed by atoms with E-state index in [0.717, 1.165) is 6.07 Å². The van der Waals surface area contributed by atoms with Crippen LogP contribution in [-0.2, 0) is 6.54 Å². The van der Waals surface area contributed by atoms with Crippen LogP contribution >= 0.6 is 12.2 Å². The molecule has 0 aliphatic carbocycles. The van der Waals surface area contributed by atoms with Gasteiger partial charge >= 0.3 is 0 Å². The van der Waals surface area contributed by atoms with Crippen LogP contribution in [0.25, 0.3) is 0 Å². The van der Waals surface area contributed by atoms with Crippen LogP contribution in [0.4, 0.5) is 8.78 Å². The maximum Gasteiger partial charge on any atom is 0.126 e. The van der Waals surface area contributed by atoms with Gasteiger partial charge in [-0.25, -0.2) is 8.78 Å². The molecule has 0 aliphatic heterocycles. The molecule has 5 heteroatoms. The summed E-state index contributed by atoms with van der Waals surface area (Å²) in [6.07, 6.45) is 0. The number of benzene rings is 1. The van der Waals surface area contributed by atoms with E-state index in [9.17, 15) is 8.78 Å². The fraction of sp³-hybridized carbons (Fsp3) is 0.364. The van der Waals surface area contributed by atoms with Gasteiger partial charge in [-0.05, 0) is 31.7 Å². The first-order valence-electron chi connectivity index (χ1n) is 4.84. The van der Waals surface area contributed by atoms with Crippen LogP contribution in [0, 0.1) is 11.6 Å². The van der Waals surface area contributed by atoms with Crippen molar-refractivity contribution < 1.29 is 8.78 Å². The third kappa shape index (κ3) is 3.50. The van der Waals surface area contributed by atoms with Gasteiger partial charge in [-0.2, -0.15) is 0 Å². The van der Waals surface area contributed by atoms with Crippen molar-refractivity contribution in [3.05, 3.63) is 35.4 Å². The summed E-state index contributed by atoms with van der Waals surface area (Å²) in [5, 5.41) is 0. The van der Waals surface area contributed by atoms with E-state index >= 15 is 0 Å². The van der Waals surface area contributed by atoms with Gasteiger partial charge in [0.2, 0.25) is 0 Å². The number of halogens is 2. The predicted molar refractivity (Wildman–Crippen MR) is 64.1 cm³/mol. The molecule has 1 atom stereocenters. The molecule has 1 aromatic rings. The topological polar surface area (TPSA) is 29.3 Å². The third-order valence-corrected chi connectivity index (χ3v) is 2.77. The summed E-state index contributed by atoms with van der Waals surface area (Å²) >= 11 is 4.85. The summed E-state index contributed by atoms with van der Waals surface area (Å²) in [5.74, 6) is -1.15. The molecule has 0 radical (unpaired) electrons. The number of hydrogen-bond acceptors (Lipinski definition) is 2. The van der Waals surface area contributed by atoms with Crippen LogP contribution in [0.3, 0.4) is 0 Å². The highest BCUT2D eigenvalue weighted by Gasteiger charge is 2.12. The molecule has 0 saturated carbocycles. The molecule has 2 nitrogen and oxygen atoms in total. The largest absolute Gasteiger partial charge is 0.392 e. The van der Waals surface area contributed by atoms with E-state index in [-0.39, 0.29) is 6.04 Å². The Hall–Kier alpha value is -1.07. The molecule has 1 unspecified atom stereocenters. The minimum Gasteiger partial charge on any atom is -0.392 e. The van der Waals surface area contributed by atoms with Crippen molar-refractivity contribution in [3.63, 3.8) is 0 Å². The van der Waals surface area contributed by atoms with Crippen LogP contribution in [-0.4, -0.2) is 23.0 Å². The van der Waals surface area contributed by atoms with Crippen LogP contribution in [0.1, 0.15) is 12.5 Å². The Kier molecular flexibility index (Phi) is 4.32. The summed E-state index contributed by atoms with van der Waals surface area (Å²) in [6, 6.07) is 3.33. The van der Waals surface area contributed by atoms with E-state index in [4.69, 9.17) is 18.0 Å². The normalized spacial score (nSPS) is 12.8. The second kappa shape index (κ2) is 5.32. The summed E-state index contributed by atoms with van der Waals surface area (Å²) in [5.41, 5.74) is 6.05. The molecular formula is C11H14F2N2S. The molecular weight excluding hydrogens is 230 g/mol. The van der Waals surface area contributed by atoms with Gasteiger partial charge in [0.1, 0.15) is 11.6 Å². The predicted octanol–water partition coefficient (Wildman–Crippen LogP) is 2.07. The van der Waals surface area contributed by atoms with Crippen LogP contribution < -0.4 is 5.73 Å². The average molecular weight is 244 g/mol. The van der Waals surface area contributed by atoms with Gasteiger partial charge in [0.05, 0.1) is 11.0 Å². The van der Waals surface area contributed by atoms with Crippen molar-refractivity contribution in [2.24, 2.45) is 5.73 Å². The summed E-state index contributed by atoms with van der Waals surface area (Å²) in [7, 11) is 1.80. The highest BCUT2D eigenvalue weighted by Crippen LogP contribution is 2.11. The molecule has 1 rings (SSSR count). The van der Waals surface area contributed by atoms with E-state index < -0.39 is 11.6 Å². The van der Waals surface area contributed by atoms with Gasteiger partial charge in [-0.3, -0.25) is 4.90 Å². The molecule has 0 bridgehead atoms. The zero-order valence-electron chi connectivity index (χ0n) is 9.21. The van der Waals surface area contributed by atoms with Crippen LogP contribution in [0.15, 0.2) is 18.2 Å². The monoisotopic (exact) mass is 244 g/mol. The van der Waals surface area contributed by atoms with Gasteiger partial charge in [-0.1, -0.05) is 12.2 Å². The second-order valence-corrected chi connectivity index (χ2v) is 4.24. The molecule has 0 spiro atoms. The maximum absolute atomic E-state index is 12.9. The van der Waals surface area contributed by atoms with Crippen molar-refractivity contribution in [1.29, 1.82) is 0 Å². The Morgan fingerprint density at radius 1 is 1.38 bits per heavy atom. The third-order valence-electron chi connectivity index (χ3n) is 2.43. The Morgan fingerprint density at radius 3 is 2.31 bits per heavy atom. The highest BCUT2D eigenvalue weighted by molar-refractivity contribution is 7.80. The van der Waals surface area contributed by atoms with Gasteiger partial charge in [-0.15, -0.1) is 0 Å². The molecule has 2 N–H and O–H groups in total. The van der Waals surface area contributed by atoms with Gasteiger partial charge < -0.3 is 5.73 Å². The number of hydrogen-bond donors (Lipinski definition) is 1. The van der Waals surface area contributed by atoms with E-state index in [1.807, 2.05) is 11.8 Å². The zero-order chi connectivity index (χ0) is 12.3. The first-order chi connectivity index (χ1) is 7.40. The number of nitrogens with two attached hydrogens (primary N) is 1. The van der Waals surface area contributed by atoms with Crippen LogP contribution in [0.2, 0.25) is 0 Å². The molecule has 88 valence electrons. The second-order valence-electron chi connectivity index (χ2n) is 3.77. The number of nitrogens with zero attached hydrogens (tertiary/aromatic N) is 1. The van der Waals surface area contributed by atoms with E-state index in [2.05, 4.69) is 0 Å². The first-order valence-corrected chi connectivity index (χ1v) is 5.25. The van der Waals surface area contributed by atoms with E-state index in [0.29, 0.717) is 17.1 Å². The molecule has 0 heterocycles. The molecule has 0 aliphatic rings. The molecule has 16 heavy (non-hydrogen) atoms. The summed E-state index contributed by atoms with van der Waals surface area (Å²) in [6.45, 7) is 2.24. The molecule has 0 amide bonds. The minimum atomic E-state index is -0.577. The maximum atomic E-state index is 12.9. The van der Waals surface area contributed by atoms with Crippen molar-refractivity contribution in [2.45, 2.75) is 19.5 Å². The van der Waals surface area contributed by atoms with Crippen molar-refractivity contribution in [2.75, 3.05) is 7.05 Å². The summed E-state index contributed by atoms with van der Waals surface area (Å²) in [4.78, 5) is 2.19. The van der Waals surface area contributed by atoms with Crippen molar-refractivity contribution in [1.82, 2.24) is 4.90 Å². The van der Waals surface area contributed by atoms with Crippen molar-refractivity contribution >= 4 is 17.2 Å². The van der Waals surface area contributed by atoms with Crippen molar-refractivity contribution in [3.8, 4) is 0 Å². The first kappa shape index (κ1) is 13.0. The zero-order valence-corrected chi connectivity index (χ0v) is 10.0. The fourth-order valence-electron chi connectivity index (χ4n) is 1.34. The van der Waals surface area contributed by atoms with E-state index in [1.54, 1.807) is 7.05 Å². The lowest BCUT2D eigenvalue weighted by molar-refractivity contribution is 0.303. The van der Waals surface area contributed by atoms with Gasteiger partial charge in [0, 0.05) is 12.6 Å². The smallest absolute Gasteiger partial charge is 0.126 e. The molecule has 0 saturated heterocycles. The standard InChI is InChI=1S/C11H14F2N2S/c1-7(11(14)16)15(2)6-8-3-9(12)5-10(13)4-8/h3-5,7H,6H2,1-2H3,(H2,14,16). The fourth-order valence-corrected chi connectivity index (χ4v) is 1.52. The Morgan fingerprint density at radius 2 is 1.88 bits per heavy atom. The number of rotatable bonds is 4. The lowest BCUT2D eigenvalue weighted by Gasteiger charge is -2.23. The quantitative estimate of drug-likeness (QED) is 0.822. The lowest BCUT2D eigenvalue weighted by Crippen LogP contribution is -2.38. The molecule has 0 fully saturated rings. The number of likely N-dealkylation sites (N-methyl/N-ethyl adjacent to an activating group) is 1. The molecule has 0 aromatic heterocycles. The SMILES string of the molecule is CC(C(N)=S)N(C)Cc1cc(F)cc(F)c1. The number of thiocarbonyl (C=S) groups is 1. The Balaban J connectivity index is 2.76. The van der Waals surface area contributed by atoms with Gasteiger partial charge in [0.25, 0.3) is 0 Å². The van der Waals surface area contributed by atoms with Crippen LogP contribution in [0.5, 0.6) is 0 Å². The lowest BCUT2D eigenvalue weighted by atomic mass is 10.2. The average Bonchev–Trinajstić information content (AvgIpc) is 2.14. The van der Waals surface area contributed by atoms with Gasteiger partial charge in [0.15, 0.2) is 0 Å². The Bertz CT molecular complexity index is 375. The molecule has 1 aromatic carbocycles. The Labute approximate surface area is 99.0 Å². The summed E-state index contributed by atoms with van der Waals surface area (Å²) < 4.78 is 25.9.